The van der Waals surface area contributed by atoms with Crippen molar-refractivity contribution in [2.24, 2.45) is 5.73 Å². The van der Waals surface area contributed by atoms with Gasteiger partial charge in [0.2, 0.25) is 5.91 Å². The maximum Gasteiger partial charge on any atom is 0.391 e. The highest BCUT2D eigenvalue weighted by Gasteiger charge is 2.31. The maximum absolute atomic E-state index is 12.0. The Morgan fingerprint density at radius 1 is 1.25 bits per heavy atom. The molecule has 0 bridgehead atoms. The fourth-order valence-electron chi connectivity index (χ4n) is 1.37. The molecule has 0 aromatic rings. The Labute approximate surface area is 112 Å². The summed E-state index contributed by atoms with van der Waals surface area (Å²) >= 11 is 0. The molecule has 0 aromatic carbocycles. The molecule has 1 unspecified atom stereocenters. The summed E-state index contributed by atoms with van der Waals surface area (Å²) in [5, 5.41) is 12.7. The Kier molecular flexibility index (Phi) is 6.80. The quantitative estimate of drug-likeness (QED) is 0.541. The first-order chi connectivity index (χ1) is 9.01. The van der Waals surface area contributed by atoms with Crippen LogP contribution in [-0.2, 0) is 9.59 Å². The molecule has 0 spiro atoms. The number of rotatable bonds is 7. The molecular weight excluding hydrogens is 283 g/mol. The summed E-state index contributed by atoms with van der Waals surface area (Å²) in [5.74, 6) is -2.16. The first-order valence-corrected chi connectivity index (χ1v) is 5.66. The molecule has 0 aliphatic carbocycles. The second kappa shape index (κ2) is 7.56. The molecule has 0 aromatic heterocycles. The number of hydrogen-bond acceptors (Lipinski definition) is 3. The number of amides is 3. The molecule has 0 fully saturated rings. The van der Waals surface area contributed by atoms with E-state index in [4.69, 9.17) is 10.8 Å². The lowest BCUT2D eigenvalue weighted by atomic mass is 10.1. The van der Waals surface area contributed by atoms with Gasteiger partial charge in [0.05, 0.1) is 6.42 Å². The predicted octanol–water partition coefficient (Wildman–Crippen LogP) is 0.345. The van der Waals surface area contributed by atoms with Crippen molar-refractivity contribution in [3.63, 3.8) is 0 Å². The largest absolute Gasteiger partial charge is 0.480 e. The molecule has 0 heterocycles. The van der Waals surface area contributed by atoms with Gasteiger partial charge in [0.15, 0.2) is 0 Å². The molecule has 0 saturated carbocycles. The van der Waals surface area contributed by atoms with E-state index in [1.165, 1.54) is 0 Å². The van der Waals surface area contributed by atoms with Gasteiger partial charge in [0.25, 0.3) is 0 Å². The topological polar surface area (TPSA) is 122 Å². The van der Waals surface area contributed by atoms with Crippen LogP contribution in [0.25, 0.3) is 0 Å². The van der Waals surface area contributed by atoms with Crippen LogP contribution in [-0.4, -0.2) is 41.3 Å². The summed E-state index contributed by atoms with van der Waals surface area (Å²) in [6.45, 7) is 1.13. The number of carboxylic acid groups (broad SMARTS) is 1. The molecule has 5 N–H and O–H groups in total. The van der Waals surface area contributed by atoms with Crippen LogP contribution in [0, 0.1) is 0 Å². The summed E-state index contributed by atoms with van der Waals surface area (Å²) in [7, 11) is 0. The van der Waals surface area contributed by atoms with Gasteiger partial charge in [0.1, 0.15) is 6.04 Å². The first-order valence-electron chi connectivity index (χ1n) is 5.66. The molecular formula is C10H16F3N3O4. The molecule has 0 radical (unpaired) electrons. The van der Waals surface area contributed by atoms with Crippen molar-refractivity contribution in [2.45, 2.75) is 44.4 Å². The monoisotopic (exact) mass is 299 g/mol. The summed E-state index contributed by atoms with van der Waals surface area (Å²) in [6, 6.07) is -3.67. The smallest absolute Gasteiger partial charge is 0.391 e. The number of carbonyl (C=O) groups excluding carboxylic acids is 2. The van der Waals surface area contributed by atoms with Crippen molar-refractivity contribution < 1.29 is 32.7 Å². The number of nitrogens with one attached hydrogen (secondary N) is 2. The van der Waals surface area contributed by atoms with Crippen LogP contribution in [0.2, 0.25) is 0 Å². The fourth-order valence-corrected chi connectivity index (χ4v) is 1.37. The molecule has 0 rings (SSSR count). The molecule has 20 heavy (non-hydrogen) atoms. The molecule has 3 amide bonds. The molecule has 0 aliphatic rings. The molecule has 2 atom stereocenters. The van der Waals surface area contributed by atoms with E-state index in [1.807, 2.05) is 10.6 Å². The number of alkyl halides is 3. The third kappa shape index (κ3) is 9.00. The standard InChI is InChI=1S/C10H16F3N3O4/c1-5(4-10(11,12)13)15-9(20)16-6(8(18)19)2-3-7(14)17/h5-6H,2-4H2,1H3,(H2,14,17)(H,18,19)(H2,15,16,20)/t5?,6-/m0/s1. The van der Waals surface area contributed by atoms with Crippen molar-refractivity contribution in [3.8, 4) is 0 Å². The Hall–Kier alpha value is -2.00. The molecule has 0 saturated heterocycles. The van der Waals surface area contributed by atoms with Gasteiger partial charge in [0, 0.05) is 12.5 Å². The minimum Gasteiger partial charge on any atom is -0.480 e. The van der Waals surface area contributed by atoms with Crippen molar-refractivity contribution >= 4 is 17.9 Å². The van der Waals surface area contributed by atoms with E-state index in [1.54, 1.807) is 0 Å². The van der Waals surface area contributed by atoms with Gasteiger partial charge in [-0.05, 0) is 13.3 Å². The van der Waals surface area contributed by atoms with Crippen LogP contribution in [0.15, 0.2) is 0 Å². The minimum absolute atomic E-state index is 0.244. The highest BCUT2D eigenvalue weighted by molar-refractivity contribution is 5.83. The number of primary amides is 1. The maximum atomic E-state index is 12.0. The third-order valence-corrected chi connectivity index (χ3v) is 2.20. The Morgan fingerprint density at radius 2 is 1.80 bits per heavy atom. The van der Waals surface area contributed by atoms with E-state index in [0.717, 1.165) is 6.92 Å². The number of hydrogen-bond donors (Lipinski definition) is 4. The zero-order chi connectivity index (χ0) is 15.9. The van der Waals surface area contributed by atoms with Gasteiger partial charge in [-0.3, -0.25) is 4.79 Å². The molecule has 10 heteroatoms. The Balaban J connectivity index is 4.32. The second-order valence-corrected chi connectivity index (χ2v) is 4.23. The lowest BCUT2D eigenvalue weighted by molar-refractivity contribution is -0.140. The fraction of sp³-hybridized carbons (Fsp3) is 0.700. The Bertz CT molecular complexity index is 373. The van der Waals surface area contributed by atoms with E-state index in [0.29, 0.717) is 0 Å². The summed E-state index contributed by atoms with van der Waals surface area (Å²) in [6.07, 6.45) is -6.19. The first kappa shape index (κ1) is 18.0. The lowest BCUT2D eigenvalue weighted by Crippen LogP contribution is -2.49. The highest BCUT2D eigenvalue weighted by Crippen LogP contribution is 2.21. The van der Waals surface area contributed by atoms with Crippen molar-refractivity contribution in [1.82, 2.24) is 10.6 Å². The van der Waals surface area contributed by atoms with Crippen LogP contribution in [0.1, 0.15) is 26.2 Å². The van der Waals surface area contributed by atoms with E-state index in [9.17, 15) is 27.6 Å². The van der Waals surface area contributed by atoms with Gasteiger partial charge < -0.3 is 21.5 Å². The third-order valence-electron chi connectivity index (χ3n) is 2.20. The van der Waals surface area contributed by atoms with Crippen LogP contribution >= 0.6 is 0 Å². The summed E-state index contributed by atoms with van der Waals surface area (Å²) in [5.41, 5.74) is 4.84. The van der Waals surface area contributed by atoms with Crippen LogP contribution in [0.4, 0.5) is 18.0 Å². The molecule has 116 valence electrons. The lowest BCUT2D eigenvalue weighted by Gasteiger charge is -2.19. The summed E-state index contributed by atoms with van der Waals surface area (Å²) in [4.78, 5) is 32.6. The Morgan fingerprint density at radius 3 is 2.20 bits per heavy atom. The van der Waals surface area contributed by atoms with Gasteiger partial charge in [-0.15, -0.1) is 0 Å². The number of nitrogens with two attached hydrogens (primary N) is 1. The van der Waals surface area contributed by atoms with E-state index in [2.05, 4.69) is 0 Å². The number of carboxylic acids is 1. The van der Waals surface area contributed by atoms with Crippen molar-refractivity contribution in [2.75, 3.05) is 0 Å². The van der Waals surface area contributed by atoms with E-state index in [-0.39, 0.29) is 12.8 Å². The number of halogens is 3. The predicted molar refractivity (Wildman–Crippen MR) is 61.7 cm³/mol. The van der Waals surface area contributed by atoms with Crippen LogP contribution in [0.3, 0.4) is 0 Å². The van der Waals surface area contributed by atoms with E-state index < -0.39 is 42.6 Å². The highest BCUT2D eigenvalue weighted by atomic mass is 19.4. The van der Waals surface area contributed by atoms with Crippen molar-refractivity contribution in [1.29, 1.82) is 0 Å². The normalized spacial score (nSPS) is 14.2. The van der Waals surface area contributed by atoms with Gasteiger partial charge in [-0.25, -0.2) is 9.59 Å². The van der Waals surface area contributed by atoms with E-state index >= 15 is 0 Å². The number of aliphatic carboxylic acids is 1. The average Bonchev–Trinajstić information content (AvgIpc) is 2.20. The zero-order valence-electron chi connectivity index (χ0n) is 10.7. The minimum atomic E-state index is -4.44. The molecule has 0 aliphatic heterocycles. The van der Waals surface area contributed by atoms with Gasteiger partial charge in [-0.1, -0.05) is 0 Å². The van der Waals surface area contributed by atoms with Crippen LogP contribution in [0.5, 0.6) is 0 Å². The number of carbonyl (C=O) groups is 3. The van der Waals surface area contributed by atoms with Gasteiger partial charge in [-0.2, -0.15) is 13.2 Å². The van der Waals surface area contributed by atoms with Gasteiger partial charge >= 0.3 is 18.2 Å². The molecule has 7 nitrogen and oxygen atoms in total. The van der Waals surface area contributed by atoms with Crippen molar-refractivity contribution in [3.05, 3.63) is 0 Å². The second-order valence-electron chi connectivity index (χ2n) is 4.23. The number of urea groups is 1. The zero-order valence-corrected chi connectivity index (χ0v) is 10.7. The van der Waals surface area contributed by atoms with Crippen LogP contribution < -0.4 is 16.4 Å². The SMILES string of the molecule is CC(CC(F)(F)F)NC(=O)N[C@@H](CCC(N)=O)C(=O)O. The summed E-state index contributed by atoms with van der Waals surface area (Å²) < 4.78 is 36.1. The average molecular weight is 299 g/mol.